The van der Waals surface area contributed by atoms with Crippen LogP contribution in [0.25, 0.3) is 90.8 Å². The number of nitrogens with zero attached hydrogens (tertiary/aromatic N) is 12. The molecule has 9 aromatic heterocycles. The van der Waals surface area contributed by atoms with Gasteiger partial charge in [0.15, 0.2) is 17.5 Å². The van der Waals surface area contributed by atoms with Gasteiger partial charge in [-0.05, 0) is 154 Å². The van der Waals surface area contributed by atoms with Crippen molar-refractivity contribution >= 4 is 55.1 Å². The highest BCUT2D eigenvalue weighted by Crippen LogP contribution is 2.32. The highest BCUT2D eigenvalue weighted by atomic mass is 79.9. The molecule has 0 saturated carbocycles. The smallest absolute Gasteiger partial charge is 0.164 e. The first-order valence-corrected chi connectivity index (χ1v) is 23.9. The normalized spacial score (nSPS) is 10.8. The number of hydrogen-bond donors (Lipinski definition) is 0. The van der Waals surface area contributed by atoms with Gasteiger partial charge in [0.25, 0.3) is 0 Å². The van der Waals surface area contributed by atoms with Gasteiger partial charge in [0.2, 0.25) is 0 Å². The van der Waals surface area contributed by atoms with Crippen molar-refractivity contribution in [3.63, 3.8) is 0 Å². The van der Waals surface area contributed by atoms with Gasteiger partial charge in [0.05, 0.1) is 68.8 Å². The molecule has 0 atom stereocenters. The van der Waals surface area contributed by atoms with Crippen LogP contribution in [0.1, 0.15) is 42.6 Å². The van der Waals surface area contributed by atoms with Crippen LogP contribution in [0.15, 0.2) is 194 Å². The molecule has 0 fully saturated rings. The molecule has 0 unspecified atom stereocenters. The van der Waals surface area contributed by atoms with Crippen LogP contribution < -0.4 is 0 Å². The van der Waals surface area contributed by atoms with E-state index in [2.05, 4.69) is 122 Å². The van der Waals surface area contributed by atoms with Gasteiger partial charge >= 0.3 is 0 Å². The number of rotatable bonds is 8. The Labute approximate surface area is 426 Å². The van der Waals surface area contributed by atoms with Crippen molar-refractivity contribution in [2.75, 3.05) is 0 Å². The van der Waals surface area contributed by atoms with Crippen molar-refractivity contribution in [3.8, 4) is 51.6 Å². The molecular formula is C59H51BrN12. The summed E-state index contributed by atoms with van der Waals surface area (Å²) in [6.07, 6.45) is 13.8. The first-order chi connectivity index (χ1) is 34.7. The van der Waals surface area contributed by atoms with E-state index in [4.69, 9.17) is 15.0 Å². The van der Waals surface area contributed by atoms with Gasteiger partial charge in [0, 0.05) is 40.1 Å². The number of benzene rings is 3. The fourth-order valence-corrected chi connectivity index (χ4v) is 8.53. The Morgan fingerprint density at radius 2 is 0.861 bits per heavy atom. The second-order valence-corrected chi connectivity index (χ2v) is 17.6. The Morgan fingerprint density at radius 1 is 0.458 bits per heavy atom. The van der Waals surface area contributed by atoms with Crippen molar-refractivity contribution in [1.82, 2.24) is 58.6 Å². The number of halogens is 1. The molecule has 0 aliphatic carbocycles. The molecule has 12 nitrogen and oxygen atoms in total. The van der Waals surface area contributed by atoms with Crippen LogP contribution in [0.5, 0.6) is 0 Å². The van der Waals surface area contributed by atoms with Gasteiger partial charge in [0.1, 0.15) is 17.1 Å². The van der Waals surface area contributed by atoms with Gasteiger partial charge in [-0.3, -0.25) is 43.6 Å². The van der Waals surface area contributed by atoms with Gasteiger partial charge in [-0.15, -0.1) is 0 Å². The maximum absolute atomic E-state index is 4.86. The van der Waals surface area contributed by atoms with E-state index in [0.29, 0.717) is 0 Å². The summed E-state index contributed by atoms with van der Waals surface area (Å²) < 4.78 is 7.32. The van der Waals surface area contributed by atoms with Crippen LogP contribution >= 0.6 is 15.9 Å². The third-order valence-corrected chi connectivity index (χ3v) is 12.3. The van der Waals surface area contributed by atoms with E-state index in [-0.39, 0.29) is 7.43 Å². The third-order valence-electron chi connectivity index (χ3n) is 11.8. The molecule has 0 bridgehead atoms. The van der Waals surface area contributed by atoms with Crippen LogP contribution in [0.4, 0.5) is 0 Å². The second-order valence-electron chi connectivity index (χ2n) is 16.7. The molecule has 0 aliphatic rings. The lowest BCUT2D eigenvalue weighted by molar-refractivity contribution is 1.05. The topological polar surface area (TPSA) is 131 Å². The summed E-state index contributed by atoms with van der Waals surface area (Å²) in [7, 11) is 0. The van der Waals surface area contributed by atoms with Crippen molar-refractivity contribution in [2.24, 2.45) is 0 Å². The molecule has 12 aromatic rings. The van der Waals surface area contributed by atoms with Gasteiger partial charge in [-0.1, -0.05) is 73.3 Å². The zero-order chi connectivity index (χ0) is 48.8. The summed E-state index contributed by atoms with van der Waals surface area (Å²) >= 11 is 3.51. The van der Waals surface area contributed by atoms with E-state index >= 15 is 0 Å². The third kappa shape index (κ3) is 10.1. The van der Waals surface area contributed by atoms with Crippen molar-refractivity contribution in [3.05, 3.63) is 222 Å². The molecule has 354 valence electrons. The fourth-order valence-electron chi connectivity index (χ4n) is 8.18. The molecule has 13 heteroatoms. The molecular weight excluding hydrogens is 957 g/mol. The number of pyridine rings is 6. The van der Waals surface area contributed by atoms with Crippen LogP contribution in [0.2, 0.25) is 0 Å². The molecule has 12 rings (SSSR count). The summed E-state index contributed by atoms with van der Waals surface area (Å²) in [5.74, 6) is 2.45. The minimum atomic E-state index is 0. The Hall–Kier alpha value is -8.81. The van der Waals surface area contributed by atoms with Crippen LogP contribution in [-0.4, -0.2) is 58.6 Å². The molecule has 72 heavy (non-hydrogen) atoms. The molecule has 0 amide bonds. The standard InChI is InChI=1S/C20H18N4.C20H16N4.C18H13BrN4.CH4/c2*1-3-15-8-10-19-18(12-15)23-20(17-6-4-5-11-21-17)24(19)16-9-7-14(2)22-13-16;1-12-5-7-14(11-21-12)23-17-8-6-13(19)10-16(17)22-18(23)15-4-2-3-9-20-15;/h4-13H,3H2,1-2H3;3-13H,1H2,2H3;2-11H,1H3;1H4. The van der Waals surface area contributed by atoms with Crippen LogP contribution in [0, 0.1) is 20.8 Å². The number of aromatic nitrogens is 12. The van der Waals surface area contributed by atoms with Crippen molar-refractivity contribution < 1.29 is 0 Å². The quantitative estimate of drug-likeness (QED) is 0.146. The number of fused-ring (bicyclic) bond motifs is 3. The summed E-state index contributed by atoms with van der Waals surface area (Å²) in [4.78, 5) is 41.2. The molecule has 9 heterocycles. The molecule has 0 saturated heterocycles. The maximum Gasteiger partial charge on any atom is 0.164 e. The summed E-state index contributed by atoms with van der Waals surface area (Å²) in [6.45, 7) is 11.9. The first-order valence-electron chi connectivity index (χ1n) is 23.1. The van der Waals surface area contributed by atoms with Crippen LogP contribution in [-0.2, 0) is 6.42 Å². The Balaban J connectivity index is 0.000000132. The predicted molar refractivity (Wildman–Crippen MR) is 294 cm³/mol. The molecule has 0 N–H and O–H groups in total. The first kappa shape index (κ1) is 48.2. The summed E-state index contributed by atoms with van der Waals surface area (Å²) in [6, 6.07) is 48.4. The average molecular weight is 1010 g/mol. The molecule has 0 radical (unpaired) electrons. The largest absolute Gasteiger partial charge is 0.289 e. The number of aryl methyl sites for hydroxylation is 4. The van der Waals surface area contributed by atoms with Gasteiger partial charge in [-0.25, -0.2) is 15.0 Å². The lowest BCUT2D eigenvalue weighted by Crippen LogP contribution is -1.99. The van der Waals surface area contributed by atoms with Crippen molar-refractivity contribution in [1.29, 1.82) is 0 Å². The highest BCUT2D eigenvalue weighted by molar-refractivity contribution is 9.10. The lowest BCUT2D eigenvalue weighted by Gasteiger charge is -2.09. The second kappa shape index (κ2) is 21.5. The number of hydrogen-bond acceptors (Lipinski definition) is 9. The van der Waals surface area contributed by atoms with E-state index in [1.165, 1.54) is 5.56 Å². The zero-order valence-corrected chi connectivity index (χ0v) is 41.1. The van der Waals surface area contributed by atoms with E-state index in [1.54, 1.807) is 18.6 Å². The molecule has 0 spiro atoms. The summed E-state index contributed by atoms with van der Waals surface area (Å²) in [5.41, 5.74) is 16.7. The zero-order valence-electron chi connectivity index (χ0n) is 39.6. The van der Waals surface area contributed by atoms with E-state index in [0.717, 1.165) is 118 Å². The van der Waals surface area contributed by atoms with E-state index in [1.807, 2.05) is 142 Å². The van der Waals surface area contributed by atoms with Gasteiger partial charge < -0.3 is 0 Å². The minimum Gasteiger partial charge on any atom is -0.289 e. The summed E-state index contributed by atoms with van der Waals surface area (Å²) in [5, 5.41) is 0. The lowest BCUT2D eigenvalue weighted by atomic mass is 10.1. The molecule has 3 aromatic carbocycles. The monoisotopic (exact) mass is 1010 g/mol. The Bertz CT molecular complexity index is 3770. The van der Waals surface area contributed by atoms with E-state index < -0.39 is 0 Å². The average Bonchev–Trinajstić information content (AvgIpc) is 4.12. The SMILES string of the molecule is C.C=Cc1ccc2c(c1)nc(-c1ccccn1)n2-c1ccc(C)nc1.CCc1ccc2c(c1)nc(-c1ccccn1)n2-c1ccc(C)nc1.Cc1ccc(-n2c(-c3ccccn3)nc3cc(Br)ccc32)cn1. The molecule has 0 aliphatic heterocycles. The minimum absolute atomic E-state index is 0. The van der Waals surface area contributed by atoms with E-state index in [9.17, 15) is 0 Å². The van der Waals surface area contributed by atoms with Gasteiger partial charge in [-0.2, -0.15) is 0 Å². The van der Waals surface area contributed by atoms with Crippen LogP contribution in [0.3, 0.4) is 0 Å². The highest BCUT2D eigenvalue weighted by Gasteiger charge is 2.18. The van der Waals surface area contributed by atoms with Crippen molar-refractivity contribution in [2.45, 2.75) is 41.5 Å². The maximum atomic E-state index is 4.86. The predicted octanol–water partition coefficient (Wildman–Crippen LogP) is 14.0. The Kier molecular flexibility index (Phi) is 14.4. The fraction of sp³-hybridized carbons (Fsp3) is 0.102. The number of imidazole rings is 3. The Morgan fingerprint density at radius 3 is 1.24 bits per heavy atom.